The van der Waals surface area contributed by atoms with Gasteiger partial charge in [0, 0.05) is 18.2 Å². The maximum Gasteiger partial charge on any atom is 0.248 e. The van der Waals surface area contributed by atoms with E-state index in [0.29, 0.717) is 11.3 Å². The van der Waals surface area contributed by atoms with Gasteiger partial charge in [0.05, 0.1) is 5.71 Å². The van der Waals surface area contributed by atoms with Crippen LogP contribution in [0.1, 0.15) is 21.5 Å². The third-order valence-corrected chi connectivity index (χ3v) is 2.50. The summed E-state index contributed by atoms with van der Waals surface area (Å²) in [6.07, 6.45) is 2.39. The molecule has 3 nitrogen and oxygen atoms in total. The first-order valence-corrected chi connectivity index (χ1v) is 5.36. The fraction of sp³-hybridized carbons (Fsp3) is 0.143. The molecule has 0 aliphatic rings. The highest BCUT2D eigenvalue weighted by atomic mass is 19.1. The van der Waals surface area contributed by atoms with Crippen LogP contribution in [0.5, 0.6) is 0 Å². The normalized spacial score (nSPS) is 12.4. The third-order valence-electron chi connectivity index (χ3n) is 2.50. The van der Waals surface area contributed by atoms with Gasteiger partial charge in [-0.05, 0) is 36.8 Å². The number of carbonyl (C=O) groups excluding carboxylic acids is 1. The monoisotopic (exact) mass is 246 g/mol. The lowest BCUT2D eigenvalue weighted by Gasteiger charge is -2.06. The molecule has 94 valence electrons. The fourth-order valence-electron chi connectivity index (χ4n) is 1.57. The van der Waals surface area contributed by atoms with Crippen molar-refractivity contribution in [1.29, 1.82) is 0 Å². The zero-order valence-corrected chi connectivity index (χ0v) is 10.4. The predicted molar refractivity (Wildman–Crippen MR) is 71.5 cm³/mol. The molecule has 0 aromatic heterocycles. The molecular formula is C14H15FN2O. The molecule has 1 aromatic rings. The number of amides is 1. The second kappa shape index (κ2) is 5.91. The van der Waals surface area contributed by atoms with Crippen LogP contribution in [0.2, 0.25) is 0 Å². The first kappa shape index (κ1) is 13.8. The minimum Gasteiger partial charge on any atom is -0.366 e. The molecule has 18 heavy (non-hydrogen) atoms. The van der Waals surface area contributed by atoms with Crippen molar-refractivity contribution in [2.45, 2.75) is 6.92 Å². The van der Waals surface area contributed by atoms with Crippen LogP contribution >= 0.6 is 0 Å². The van der Waals surface area contributed by atoms with E-state index < -0.39 is 11.7 Å². The Morgan fingerprint density at radius 3 is 2.61 bits per heavy atom. The number of nitrogens with two attached hydrogens (primary N) is 1. The first-order chi connectivity index (χ1) is 8.49. The van der Waals surface area contributed by atoms with Gasteiger partial charge in [0.1, 0.15) is 5.83 Å². The van der Waals surface area contributed by atoms with Gasteiger partial charge in [0.25, 0.3) is 0 Å². The lowest BCUT2D eigenvalue weighted by molar-refractivity contribution is 0.0999. The smallest absolute Gasteiger partial charge is 0.248 e. The molecule has 1 amide bonds. The summed E-state index contributed by atoms with van der Waals surface area (Å²) in [6.45, 7) is 5.11. The Morgan fingerprint density at radius 1 is 1.50 bits per heavy atom. The number of hydrogen-bond acceptors (Lipinski definition) is 2. The molecule has 0 spiro atoms. The highest BCUT2D eigenvalue weighted by Crippen LogP contribution is 2.13. The van der Waals surface area contributed by atoms with Crippen molar-refractivity contribution in [3.63, 3.8) is 0 Å². The summed E-state index contributed by atoms with van der Waals surface area (Å²) < 4.78 is 13.2. The Hall–Kier alpha value is -2.23. The lowest BCUT2D eigenvalue weighted by atomic mass is 10.0. The number of primary amides is 1. The van der Waals surface area contributed by atoms with Crippen LogP contribution in [0.4, 0.5) is 4.39 Å². The second-order valence-corrected chi connectivity index (χ2v) is 3.74. The van der Waals surface area contributed by atoms with Crippen molar-refractivity contribution in [2.75, 3.05) is 7.05 Å². The van der Waals surface area contributed by atoms with E-state index in [4.69, 9.17) is 5.73 Å². The molecule has 0 unspecified atom stereocenters. The van der Waals surface area contributed by atoms with Gasteiger partial charge < -0.3 is 5.73 Å². The average molecular weight is 246 g/mol. The zero-order valence-electron chi connectivity index (χ0n) is 10.4. The summed E-state index contributed by atoms with van der Waals surface area (Å²) in [6, 6.07) is 5.04. The summed E-state index contributed by atoms with van der Waals surface area (Å²) in [7, 11) is 1.57. The molecule has 0 fully saturated rings. The summed E-state index contributed by atoms with van der Waals surface area (Å²) in [4.78, 5) is 15.1. The van der Waals surface area contributed by atoms with Crippen LogP contribution in [0.15, 0.2) is 47.7 Å². The predicted octanol–water partition coefficient (Wildman–Crippen LogP) is 2.55. The van der Waals surface area contributed by atoms with Gasteiger partial charge in [0.2, 0.25) is 5.91 Å². The van der Waals surface area contributed by atoms with Gasteiger partial charge in [-0.2, -0.15) is 0 Å². The molecule has 2 N–H and O–H groups in total. The number of rotatable bonds is 4. The maximum atomic E-state index is 13.2. The van der Waals surface area contributed by atoms with Gasteiger partial charge in [0.15, 0.2) is 0 Å². The van der Waals surface area contributed by atoms with Gasteiger partial charge in [-0.15, -0.1) is 0 Å². The molecular weight excluding hydrogens is 231 g/mol. The van der Waals surface area contributed by atoms with Gasteiger partial charge in [-0.3, -0.25) is 9.79 Å². The number of aliphatic imine (C=N–C) groups is 1. The molecule has 0 radical (unpaired) electrons. The third kappa shape index (κ3) is 3.13. The van der Waals surface area contributed by atoms with Crippen molar-refractivity contribution in [3.8, 4) is 0 Å². The summed E-state index contributed by atoms with van der Waals surface area (Å²) >= 11 is 0. The molecule has 0 atom stereocenters. The van der Waals surface area contributed by atoms with Crippen LogP contribution < -0.4 is 5.73 Å². The van der Waals surface area contributed by atoms with Crippen LogP contribution in [0, 0.1) is 6.92 Å². The highest BCUT2D eigenvalue weighted by molar-refractivity contribution is 6.09. The van der Waals surface area contributed by atoms with E-state index in [1.807, 2.05) is 0 Å². The number of nitrogens with zero attached hydrogens (tertiary/aromatic N) is 1. The molecule has 0 aliphatic heterocycles. The molecule has 0 aliphatic carbocycles. The number of benzene rings is 1. The van der Waals surface area contributed by atoms with E-state index in [1.54, 1.807) is 32.2 Å². The van der Waals surface area contributed by atoms with Crippen molar-refractivity contribution in [1.82, 2.24) is 0 Å². The summed E-state index contributed by atoms with van der Waals surface area (Å²) in [5, 5.41) is 0. The number of hydrogen-bond donors (Lipinski definition) is 1. The average Bonchev–Trinajstić information content (AvgIpc) is 2.34. The maximum absolute atomic E-state index is 13.2. The number of allylic oxidation sites excluding steroid dienone is 3. The molecule has 4 heteroatoms. The van der Waals surface area contributed by atoms with E-state index >= 15 is 0 Å². The Bertz CT molecular complexity index is 545. The van der Waals surface area contributed by atoms with E-state index in [0.717, 1.165) is 17.2 Å². The van der Waals surface area contributed by atoms with E-state index in [1.165, 1.54) is 6.08 Å². The summed E-state index contributed by atoms with van der Waals surface area (Å²) in [5.41, 5.74) is 7.60. The lowest BCUT2D eigenvalue weighted by Crippen LogP contribution is -2.13. The SMILES string of the molecule is C=C/C(F)=C\C(=NC)c1ccc(C(N)=O)c(C)c1. The van der Waals surface area contributed by atoms with Gasteiger partial charge >= 0.3 is 0 Å². The first-order valence-electron chi connectivity index (χ1n) is 5.36. The van der Waals surface area contributed by atoms with E-state index in [-0.39, 0.29) is 0 Å². The highest BCUT2D eigenvalue weighted by Gasteiger charge is 2.08. The molecule has 0 bridgehead atoms. The quantitative estimate of drug-likeness (QED) is 0.644. The van der Waals surface area contributed by atoms with Crippen molar-refractivity contribution >= 4 is 11.6 Å². The van der Waals surface area contributed by atoms with Crippen LogP contribution in [-0.2, 0) is 0 Å². The number of halogens is 1. The summed E-state index contributed by atoms with van der Waals surface area (Å²) in [5.74, 6) is -0.950. The van der Waals surface area contributed by atoms with Crippen LogP contribution in [0.3, 0.4) is 0 Å². The van der Waals surface area contributed by atoms with Crippen LogP contribution in [0.25, 0.3) is 0 Å². The standard InChI is InChI=1S/C14H15FN2O/c1-4-11(15)8-13(17-3)10-5-6-12(14(16)18)9(2)7-10/h4-8H,1H2,2-3H3,(H2,16,18)/b11-8+,17-13?. The van der Waals surface area contributed by atoms with Crippen molar-refractivity contribution in [2.24, 2.45) is 10.7 Å². The van der Waals surface area contributed by atoms with E-state index in [9.17, 15) is 9.18 Å². The second-order valence-electron chi connectivity index (χ2n) is 3.74. The zero-order chi connectivity index (χ0) is 13.7. The number of aryl methyl sites for hydroxylation is 1. The molecule has 1 rings (SSSR count). The Labute approximate surface area is 106 Å². The van der Waals surface area contributed by atoms with E-state index in [2.05, 4.69) is 11.6 Å². The topological polar surface area (TPSA) is 55.4 Å². The Balaban J connectivity index is 3.22. The Kier molecular flexibility index (Phi) is 4.54. The van der Waals surface area contributed by atoms with Crippen LogP contribution in [-0.4, -0.2) is 18.7 Å². The van der Waals surface area contributed by atoms with Crippen molar-refractivity contribution in [3.05, 3.63) is 59.4 Å². The molecule has 1 aromatic carbocycles. The Morgan fingerprint density at radius 2 is 2.17 bits per heavy atom. The minimum absolute atomic E-state index is 0.447. The number of carbonyl (C=O) groups is 1. The van der Waals surface area contributed by atoms with Crippen molar-refractivity contribution < 1.29 is 9.18 Å². The fourth-order valence-corrected chi connectivity index (χ4v) is 1.57. The molecule has 0 saturated heterocycles. The minimum atomic E-state index is -0.484. The molecule has 0 saturated carbocycles. The van der Waals surface area contributed by atoms with Gasteiger partial charge in [-0.25, -0.2) is 4.39 Å². The molecule has 0 heterocycles. The largest absolute Gasteiger partial charge is 0.366 e. The van der Waals surface area contributed by atoms with Gasteiger partial charge in [-0.1, -0.05) is 12.6 Å².